The molecule has 0 saturated carbocycles. The van der Waals surface area contributed by atoms with Crippen LogP contribution in [0.3, 0.4) is 0 Å². The maximum absolute atomic E-state index is 12.9. The summed E-state index contributed by atoms with van der Waals surface area (Å²) >= 11 is 5.53. The second-order valence-corrected chi connectivity index (χ2v) is 2.69. The molecule has 5 heteroatoms. The first-order chi connectivity index (χ1) is 5.70. The molecule has 0 aliphatic carbocycles. The summed E-state index contributed by atoms with van der Waals surface area (Å²) in [7, 11) is 0. The van der Waals surface area contributed by atoms with Gasteiger partial charge in [-0.1, -0.05) is 11.6 Å². The predicted octanol–water partition coefficient (Wildman–Crippen LogP) is 2.49. The Balaban J connectivity index is 2.97. The largest absolute Gasteiger partial charge is 0.276 e. The zero-order chi connectivity index (χ0) is 8.72. The summed E-state index contributed by atoms with van der Waals surface area (Å²) in [6, 6.07) is 0.736. The molecule has 0 radical (unpaired) electrons. The Morgan fingerprint density at radius 1 is 1.33 bits per heavy atom. The average molecular weight is 189 g/mol. The highest BCUT2D eigenvalue weighted by atomic mass is 35.5. The lowest BCUT2D eigenvalue weighted by molar-refractivity contribution is 0.592. The molecule has 0 aliphatic rings. The van der Waals surface area contributed by atoms with Gasteiger partial charge in [-0.05, 0) is 0 Å². The topological polar surface area (TPSA) is 28.7 Å². The van der Waals surface area contributed by atoms with Crippen LogP contribution < -0.4 is 0 Å². The molecule has 12 heavy (non-hydrogen) atoms. The lowest BCUT2D eigenvalue weighted by Gasteiger charge is -1.95. The van der Waals surface area contributed by atoms with Gasteiger partial charge >= 0.3 is 0 Å². The minimum absolute atomic E-state index is 0.135. The number of benzene rings is 1. The molecule has 2 aromatic rings. The molecule has 0 aliphatic heterocycles. The van der Waals surface area contributed by atoms with Gasteiger partial charge in [0, 0.05) is 6.07 Å². The molecule has 0 atom stereocenters. The fraction of sp³-hybridized carbons (Fsp3) is 0. The summed E-state index contributed by atoms with van der Waals surface area (Å²) in [6.07, 6.45) is 1.26. The van der Waals surface area contributed by atoms with Crippen LogP contribution in [0.15, 0.2) is 12.3 Å². The highest BCUT2D eigenvalue weighted by Gasteiger charge is 2.11. The quantitative estimate of drug-likeness (QED) is 0.633. The van der Waals surface area contributed by atoms with Gasteiger partial charge in [-0.3, -0.25) is 5.10 Å². The van der Waals surface area contributed by atoms with Crippen LogP contribution in [-0.2, 0) is 0 Å². The molecular formula is C7H3ClF2N2. The number of halogens is 3. The van der Waals surface area contributed by atoms with Crippen molar-refractivity contribution in [2.75, 3.05) is 0 Å². The van der Waals surface area contributed by atoms with E-state index >= 15 is 0 Å². The van der Waals surface area contributed by atoms with Gasteiger partial charge < -0.3 is 0 Å². The Morgan fingerprint density at radius 3 is 2.83 bits per heavy atom. The van der Waals surface area contributed by atoms with Crippen molar-refractivity contribution in [1.29, 1.82) is 0 Å². The Morgan fingerprint density at radius 2 is 2.08 bits per heavy atom. The van der Waals surface area contributed by atoms with E-state index in [-0.39, 0.29) is 15.9 Å². The van der Waals surface area contributed by atoms with Crippen LogP contribution in [0.4, 0.5) is 8.78 Å². The molecule has 1 heterocycles. The van der Waals surface area contributed by atoms with Gasteiger partial charge in [0.25, 0.3) is 0 Å². The summed E-state index contributed by atoms with van der Waals surface area (Å²) in [4.78, 5) is 0. The maximum atomic E-state index is 12.9. The van der Waals surface area contributed by atoms with E-state index in [0.29, 0.717) is 0 Å². The van der Waals surface area contributed by atoms with Crippen molar-refractivity contribution in [3.63, 3.8) is 0 Å². The summed E-state index contributed by atoms with van der Waals surface area (Å²) in [5.74, 6) is -1.45. The Hall–Kier alpha value is -1.16. The lowest BCUT2D eigenvalue weighted by Crippen LogP contribution is -1.83. The van der Waals surface area contributed by atoms with Crippen molar-refractivity contribution in [3.8, 4) is 0 Å². The first kappa shape index (κ1) is 7.49. The van der Waals surface area contributed by atoms with E-state index in [9.17, 15) is 8.78 Å². The molecule has 0 amide bonds. The molecular weight excluding hydrogens is 186 g/mol. The Labute approximate surface area is 71.1 Å². The minimum atomic E-state index is -0.786. The lowest BCUT2D eigenvalue weighted by atomic mass is 10.2. The average Bonchev–Trinajstić information content (AvgIpc) is 2.48. The molecule has 1 aromatic heterocycles. The molecule has 2 rings (SSSR count). The fourth-order valence-electron chi connectivity index (χ4n) is 1.01. The minimum Gasteiger partial charge on any atom is -0.276 e. The molecule has 2 nitrogen and oxygen atoms in total. The third kappa shape index (κ3) is 0.881. The normalized spacial score (nSPS) is 10.9. The summed E-state index contributed by atoms with van der Waals surface area (Å²) in [5.41, 5.74) is 0.189. The van der Waals surface area contributed by atoms with Crippen molar-refractivity contribution >= 4 is 22.5 Å². The van der Waals surface area contributed by atoms with E-state index in [2.05, 4.69) is 10.2 Å². The molecule has 62 valence electrons. The van der Waals surface area contributed by atoms with E-state index in [1.165, 1.54) is 6.20 Å². The summed E-state index contributed by atoms with van der Waals surface area (Å²) < 4.78 is 25.7. The number of H-pyrrole nitrogens is 1. The van der Waals surface area contributed by atoms with E-state index in [1.54, 1.807) is 0 Å². The smallest absolute Gasteiger partial charge is 0.146 e. The predicted molar refractivity (Wildman–Crippen MR) is 41.0 cm³/mol. The molecule has 0 fully saturated rings. The van der Waals surface area contributed by atoms with Crippen LogP contribution in [0.1, 0.15) is 0 Å². The van der Waals surface area contributed by atoms with Crippen molar-refractivity contribution in [2.24, 2.45) is 0 Å². The zero-order valence-electron chi connectivity index (χ0n) is 5.74. The molecule has 1 N–H and O–H groups in total. The molecule has 0 bridgehead atoms. The Bertz CT molecular complexity index is 438. The van der Waals surface area contributed by atoms with Crippen molar-refractivity contribution in [3.05, 3.63) is 28.9 Å². The van der Waals surface area contributed by atoms with Crippen molar-refractivity contribution < 1.29 is 8.78 Å². The number of aromatic amines is 1. The standard InChI is InChI=1S/C7H3ClF2N2/c8-6-5(10)1-4(9)3-2-11-12-7(3)6/h1-2H,(H,11,12). The van der Waals surface area contributed by atoms with Crippen LogP contribution >= 0.6 is 11.6 Å². The monoisotopic (exact) mass is 188 g/mol. The first-order valence-electron chi connectivity index (χ1n) is 3.16. The molecule has 0 saturated heterocycles. The Kier molecular flexibility index (Phi) is 1.51. The third-order valence-corrected chi connectivity index (χ3v) is 1.95. The van der Waals surface area contributed by atoms with E-state index in [1.807, 2.05) is 0 Å². The molecule has 0 spiro atoms. The van der Waals surface area contributed by atoms with Gasteiger partial charge in [-0.2, -0.15) is 5.10 Å². The van der Waals surface area contributed by atoms with Crippen LogP contribution in [0.25, 0.3) is 10.9 Å². The molecule has 0 unspecified atom stereocenters. The number of hydrogen-bond acceptors (Lipinski definition) is 1. The number of rotatable bonds is 0. The number of nitrogens with one attached hydrogen (secondary N) is 1. The number of fused-ring (bicyclic) bond motifs is 1. The van der Waals surface area contributed by atoms with Crippen LogP contribution in [0, 0.1) is 11.6 Å². The van der Waals surface area contributed by atoms with E-state index < -0.39 is 11.6 Å². The molecule has 1 aromatic carbocycles. The summed E-state index contributed by atoms with van der Waals surface area (Å²) in [6.45, 7) is 0. The second kappa shape index (κ2) is 2.42. The zero-order valence-corrected chi connectivity index (χ0v) is 6.49. The van der Waals surface area contributed by atoms with Crippen LogP contribution in [0.5, 0.6) is 0 Å². The van der Waals surface area contributed by atoms with E-state index in [4.69, 9.17) is 11.6 Å². The van der Waals surface area contributed by atoms with Crippen molar-refractivity contribution in [2.45, 2.75) is 0 Å². The van der Waals surface area contributed by atoms with Crippen molar-refractivity contribution in [1.82, 2.24) is 10.2 Å². The summed E-state index contributed by atoms with van der Waals surface area (Å²) in [5, 5.41) is 6.02. The van der Waals surface area contributed by atoms with E-state index in [0.717, 1.165) is 6.07 Å². The van der Waals surface area contributed by atoms with Gasteiger partial charge in [0.1, 0.15) is 16.7 Å². The first-order valence-corrected chi connectivity index (χ1v) is 3.54. The van der Waals surface area contributed by atoms with Gasteiger partial charge in [-0.25, -0.2) is 8.78 Å². The van der Waals surface area contributed by atoms with Crippen LogP contribution in [-0.4, -0.2) is 10.2 Å². The number of nitrogens with zero attached hydrogens (tertiary/aromatic N) is 1. The van der Waals surface area contributed by atoms with Gasteiger partial charge in [0.2, 0.25) is 0 Å². The van der Waals surface area contributed by atoms with Crippen LogP contribution in [0.2, 0.25) is 5.02 Å². The van der Waals surface area contributed by atoms with Gasteiger partial charge in [0.15, 0.2) is 0 Å². The highest BCUT2D eigenvalue weighted by molar-refractivity contribution is 6.35. The second-order valence-electron chi connectivity index (χ2n) is 2.31. The van der Waals surface area contributed by atoms with Gasteiger partial charge in [0.05, 0.1) is 17.1 Å². The number of hydrogen-bond donors (Lipinski definition) is 1. The highest BCUT2D eigenvalue weighted by Crippen LogP contribution is 2.26. The fourth-order valence-corrected chi connectivity index (χ4v) is 1.20. The maximum Gasteiger partial charge on any atom is 0.146 e. The SMILES string of the molecule is Fc1cc(F)c2cn[nH]c2c1Cl. The third-order valence-electron chi connectivity index (χ3n) is 1.58. The number of aromatic nitrogens is 2. The van der Waals surface area contributed by atoms with Gasteiger partial charge in [-0.15, -0.1) is 0 Å².